The molecule has 1 amide bonds. The van der Waals surface area contributed by atoms with Crippen LogP contribution in [-0.4, -0.2) is 37.0 Å². The van der Waals surface area contributed by atoms with Crippen LogP contribution in [-0.2, 0) is 13.1 Å². The normalized spacial score (nSPS) is 11.0. The lowest BCUT2D eigenvalue weighted by Crippen LogP contribution is -2.26. The van der Waals surface area contributed by atoms with Crippen LogP contribution in [0.15, 0.2) is 36.8 Å². The predicted octanol–water partition coefficient (Wildman–Crippen LogP) is 2.13. The van der Waals surface area contributed by atoms with Gasteiger partial charge in [-0.15, -0.1) is 0 Å². The Kier molecular flexibility index (Phi) is 3.66. The number of nitrogens with zero attached hydrogens (tertiary/aromatic N) is 5. The molecule has 0 saturated carbocycles. The maximum Gasteiger partial charge on any atom is 0.257 e. The Labute approximate surface area is 129 Å². The number of hydrogen-bond acceptors (Lipinski definition) is 3. The second-order valence-electron chi connectivity index (χ2n) is 5.32. The van der Waals surface area contributed by atoms with E-state index in [2.05, 4.69) is 10.1 Å². The number of carbonyl (C=O) groups excluding carboxylic acids is 1. The molecule has 3 aromatic heterocycles. The SMILES string of the molecule is CCn1ncc(C(=O)N(C)Cc2cn3ccccc3n2)c1C. The van der Waals surface area contributed by atoms with Crippen molar-refractivity contribution in [1.82, 2.24) is 24.1 Å². The molecule has 0 spiro atoms. The highest BCUT2D eigenvalue weighted by molar-refractivity contribution is 5.94. The lowest BCUT2D eigenvalue weighted by atomic mass is 10.2. The lowest BCUT2D eigenvalue weighted by molar-refractivity contribution is 0.0782. The first-order valence-corrected chi connectivity index (χ1v) is 7.30. The van der Waals surface area contributed by atoms with E-state index in [1.807, 2.05) is 53.5 Å². The van der Waals surface area contributed by atoms with Gasteiger partial charge in [0.1, 0.15) is 5.65 Å². The first kappa shape index (κ1) is 14.3. The molecule has 0 N–H and O–H groups in total. The molecular formula is C16H19N5O. The zero-order chi connectivity index (χ0) is 15.7. The number of imidazole rings is 1. The third-order valence-corrected chi connectivity index (χ3v) is 3.79. The maximum absolute atomic E-state index is 12.6. The standard InChI is InChI=1S/C16H19N5O/c1-4-21-12(2)14(9-17-21)16(22)19(3)10-13-11-20-8-6-5-7-15(20)18-13/h5-9,11H,4,10H2,1-3H3. The van der Waals surface area contributed by atoms with Gasteiger partial charge in [-0.2, -0.15) is 5.10 Å². The summed E-state index contributed by atoms with van der Waals surface area (Å²) in [6.45, 7) is 5.16. The van der Waals surface area contributed by atoms with Crippen LogP contribution in [0.25, 0.3) is 5.65 Å². The number of amides is 1. The highest BCUT2D eigenvalue weighted by Gasteiger charge is 2.18. The van der Waals surface area contributed by atoms with E-state index in [9.17, 15) is 4.79 Å². The molecule has 0 unspecified atom stereocenters. The van der Waals surface area contributed by atoms with Crippen LogP contribution in [0, 0.1) is 6.92 Å². The highest BCUT2D eigenvalue weighted by Crippen LogP contribution is 2.12. The third kappa shape index (κ3) is 2.47. The van der Waals surface area contributed by atoms with Crippen LogP contribution < -0.4 is 0 Å². The molecule has 0 aromatic carbocycles. The Balaban J connectivity index is 1.79. The van der Waals surface area contributed by atoms with Gasteiger partial charge in [-0.05, 0) is 26.0 Å². The van der Waals surface area contributed by atoms with Gasteiger partial charge >= 0.3 is 0 Å². The molecular weight excluding hydrogens is 278 g/mol. The van der Waals surface area contributed by atoms with Gasteiger partial charge < -0.3 is 9.30 Å². The van der Waals surface area contributed by atoms with Crippen LogP contribution in [0.5, 0.6) is 0 Å². The van der Waals surface area contributed by atoms with Crippen molar-refractivity contribution in [3.05, 3.63) is 53.7 Å². The second-order valence-corrected chi connectivity index (χ2v) is 5.32. The summed E-state index contributed by atoms with van der Waals surface area (Å²) in [5.41, 5.74) is 3.29. The van der Waals surface area contributed by atoms with Gasteiger partial charge in [0.05, 0.1) is 24.0 Å². The predicted molar refractivity (Wildman–Crippen MR) is 83.6 cm³/mol. The summed E-state index contributed by atoms with van der Waals surface area (Å²) in [4.78, 5) is 18.7. The summed E-state index contributed by atoms with van der Waals surface area (Å²) >= 11 is 0. The fourth-order valence-electron chi connectivity index (χ4n) is 2.56. The molecule has 0 bridgehead atoms. The lowest BCUT2D eigenvalue weighted by Gasteiger charge is -2.15. The van der Waals surface area contributed by atoms with Gasteiger partial charge in [0.2, 0.25) is 0 Å². The molecule has 6 heteroatoms. The average Bonchev–Trinajstić information content (AvgIpc) is 3.08. The van der Waals surface area contributed by atoms with E-state index in [1.165, 1.54) is 0 Å². The average molecular weight is 297 g/mol. The molecule has 3 rings (SSSR count). The molecule has 0 radical (unpaired) electrons. The number of aryl methyl sites for hydroxylation is 1. The minimum Gasteiger partial charge on any atom is -0.336 e. The van der Waals surface area contributed by atoms with Gasteiger partial charge in [0, 0.05) is 31.7 Å². The van der Waals surface area contributed by atoms with Crippen molar-refractivity contribution >= 4 is 11.6 Å². The van der Waals surface area contributed by atoms with Crippen molar-refractivity contribution in [2.45, 2.75) is 26.9 Å². The van der Waals surface area contributed by atoms with Crippen molar-refractivity contribution < 1.29 is 4.79 Å². The molecule has 22 heavy (non-hydrogen) atoms. The first-order valence-electron chi connectivity index (χ1n) is 7.30. The minimum absolute atomic E-state index is 0.0331. The summed E-state index contributed by atoms with van der Waals surface area (Å²) in [7, 11) is 1.79. The first-order chi connectivity index (χ1) is 10.6. The molecule has 0 aliphatic heterocycles. The summed E-state index contributed by atoms with van der Waals surface area (Å²) in [5.74, 6) is -0.0331. The summed E-state index contributed by atoms with van der Waals surface area (Å²) in [6.07, 6.45) is 5.53. The van der Waals surface area contributed by atoms with Crippen molar-refractivity contribution in [2.24, 2.45) is 0 Å². The van der Waals surface area contributed by atoms with Crippen molar-refractivity contribution in [3.8, 4) is 0 Å². The zero-order valence-electron chi connectivity index (χ0n) is 13.0. The Hall–Kier alpha value is -2.63. The van der Waals surface area contributed by atoms with E-state index in [1.54, 1.807) is 18.1 Å². The van der Waals surface area contributed by atoms with Crippen LogP contribution in [0.2, 0.25) is 0 Å². The van der Waals surface area contributed by atoms with Crippen LogP contribution in [0.4, 0.5) is 0 Å². The molecule has 0 saturated heterocycles. The van der Waals surface area contributed by atoms with Gasteiger partial charge in [-0.3, -0.25) is 9.48 Å². The van der Waals surface area contributed by atoms with Crippen molar-refractivity contribution in [3.63, 3.8) is 0 Å². The second kappa shape index (κ2) is 5.63. The summed E-state index contributed by atoms with van der Waals surface area (Å²) in [6, 6.07) is 5.85. The minimum atomic E-state index is -0.0331. The maximum atomic E-state index is 12.6. The van der Waals surface area contributed by atoms with Crippen molar-refractivity contribution in [1.29, 1.82) is 0 Å². The molecule has 0 atom stereocenters. The van der Waals surface area contributed by atoms with E-state index in [-0.39, 0.29) is 5.91 Å². The van der Waals surface area contributed by atoms with Gasteiger partial charge in [-0.1, -0.05) is 6.07 Å². The monoisotopic (exact) mass is 297 g/mol. The number of rotatable bonds is 4. The topological polar surface area (TPSA) is 55.4 Å². The third-order valence-electron chi connectivity index (χ3n) is 3.79. The molecule has 0 fully saturated rings. The zero-order valence-corrected chi connectivity index (χ0v) is 13.0. The molecule has 3 aromatic rings. The fraction of sp³-hybridized carbons (Fsp3) is 0.312. The number of fused-ring (bicyclic) bond motifs is 1. The summed E-state index contributed by atoms with van der Waals surface area (Å²) in [5, 5.41) is 4.23. The summed E-state index contributed by atoms with van der Waals surface area (Å²) < 4.78 is 3.78. The Bertz CT molecular complexity index is 784. The van der Waals surface area contributed by atoms with Crippen LogP contribution in [0.1, 0.15) is 28.7 Å². The quantitative estimate of drug-likeness (QED) is 0.741. The van der Waals surface area contributed by atoms with E-state index >= 15 is 0 Å². The number of hydrogen-bond donors (Lipinski definition) is 0. The number of carbonyl (C=O) groups is 1. The smallest absolute Gasteiger partial charge is 0.257 e. The highest BCUT2D eigenvalue weighted by atomic mass is 16.2. The molecule has 0 aliphatic carbocycles. The van der Waals surface area contributed by atoms with Gasteiger partial charge in [-0.25, -0.2) is 4.98 Å². The van der Waals surface area contributed by atoms with E-state index in [0.29, 0.717) is 12.1 Å². The Morgan fingerprint density at radius 2 is 2.18 bits per heavy atom. The van der Waals surface area contributed by atoms with Crippen LogP contribution >= 0.6 is 0 Å². The molecule has 114 valence electrons. The Morgan fingerprint density at radius 1 is 1.36 bits per heavy atom. The largest absolute Gasteiger partial charge is 0.336 e. The Morgan fingerprint density at radius 3 is 2.86 bits per heavy atom. The number of pyridine rings is 1. The van der Waals surface area contributed by atoms with Gasteiger partial charge in [0.25, 0.3) is 5.91 Å². The van der Waals surface area contributed by atoms with E-state index in [0.717, 1.165) is 23.6 Å². The number of aromatic nitrogens is 4. The van der Waals surface area contributed by atoms with Crippen molar-refractivity contribution in [2.75, 3.05) is 7.05 Å². The molecule has 3 heterocycles. The van der Waals surface area contributed by atoms with E-state index < -0.39 is 0 Å². The molecule has 6 nitrogen and oxygen atoms in total. The van der Waals surface area contributed by atoms with E-state index in [4.69, 9.17) is 0 Å². The van der Waals surface area contributed by atoms with Gasteiger partial charge in [0.15, 0.2) is 0 Å². The fourth-order valence-corrected chi connectivity index (χ4v) is 2.56. The molecule has 0 aliphatic rings. The van der Waals surface area contributed by atoms with Crippen LogP contribution in [0.3, 0.4) is 0 Å².